The smallest absolute Gasteiger partial charge is 0.365 e. The second-order valence-corrected chi connectivity index (χ2v) is 14.6. The van der Waals surface area contributed by atoms with Gasteiger partial charge in [-0.3, -0.25) is 42.8 Å². The topological polar surface area (TPSA) is 229 Å². The molecule has 0 aliphatic heterocycles. The first-order chi connectivity index (χ1) is 29.1. The molecule has 17 nitrogen and oxygen atoms in total. The van der Waals surface area contributed by atoms with Gasteiger partial charge in [-0.15, -0.1) is 0 Å². The van der Waals surface area contributed by atoms with Crippen LogP contribution >= 0.6 is 7.60 Å². The third-order valence-electron chi connectivity index (χ3n) is 8.83. The number of hydrogen-bond donors (Lipinski definition) is 4. The van der Waals surface area contributed by atoms with E-state index in [0.29, 0.717) is 22.9 Å². The van der Waals surface area contributed by atoms with Gasteiger partial charge in [0.05, 0.1) is 19.5 Å². The van der Waals surface area contributed by atoms with Gasteiger partial charge in [-0.1, -0.05) is 54.6 Å². The molecule has 2 unspecified atom stereocenters. The van der Waals surface area contributed by atoms with Crippen LogP contribution in [0.5, 0.6) is 11.5 Å². The number of H-pyrrole nitrogens is 2. The summed E-state index contributed by atoms with van der Waals surface area (Å²) in [5.41, 5.74) is -1.03. The van der Waals surface area contributed by atoms with E-state index < -0.39 is 43.0 Å². The highest BCUT2D eigenvalue weighted by Gasteiger charge is 2.37. The van der Waals surface area contributed by atoms with E-state index in [-0.39, 0.29) is 39.2 Å². The number of pyridine rings is 2. The largest absolute Gasteiger partial charge is 0.497 e. The molecular formula is C42H35N8O9P. The standard InChI is InChI=1S/C42H35N8O9P/c1-56-28-18-14-26(15-19-28)41(49-39(53)31-24-45-35(47-37(31)51)33-12-6-8-22-43-33)58-60(55,30-10-4-3-5-11-30)59-42(27-16-20-29(57-2)21-17-27)50-40(54)32-25-46-36(48-38(32)52)34-13-7-9-23-44-34/h3-25,41-42H,1-2H3,(H,49,53)(H,50,54)(H,45,47,51)(H,46,48,52). The molecule has 0 saturated carbocycles. The Kier molecular flexibility index (Phi) is 12.4. The van der Waals surface area contributed by atoms with Gasteiger partial charge in [0.2, 0.25) is 0 Å². The minimum Gasteiger partial charge on any atom is -0.497 e. The monoisotopic (exact) mass is 826 g/mol. The van der Waals surface area contributed by atoms with Crippen LogP contribution in [0, 0.1) is 0 Å². The minimum absolute atomic E-state index is 0.0315. The summed E-state index contributed by atoms with van der Waals surface area (Å²) in [5.74, 6) is -0.657. The van der Waals surface area contributed by atoms with Crippen molar-refractivity contribution in [2.24, 2.45) is 0 Å². The number of carbonyl (C=O) groups is 2. The molecule has 2 amide bonds. The van der Waals surface area contributed by atoms with E-state index in [4.69, 9.17) is 18.5 Å². The predicted molar refractivity (Wildman–Crippen MR) is 218 cm³/mol. The molecule has 0 bridgehead atoms. The molecule has 0 aliphatic rings. The Morgan fingerprint density at radius 1 is 0.567 bits per heavy atom. The number of nitrogens with zero attached hydrogens (tertiary/aromatic N) is 4. The number of aromatic nitrogens is 6. The maximum atomic E-state index is 15.4. The highest BCUT2D eigenvalue weighted by Crippen LogP contribution is 2.53. The summed E-state index contributed by atoms with van der Waals surface area (Å²) in [6.45, 7) is 0. The molecule has 4 N–H and O–H groups in total. The number of methoxy groups -OCH3 is 2. The van der Waals surface area contributed by atoms with Gasteiger partial charge in [0.15, 0.2) is 24.1 Å². The molecular weight excluding hydrogens is 791 g/mol. The average Bonchev–Trinajstić information content (AvgIpc) is 3.29. The number of nitrogens with one attached hydrogen (secondary N) is 4. The van der Waals surface area contributed by atoms with E-state index in [1.165, 1.54) is 38.7 Å². The molecule has 7 rings (SSSR count). The third kappa shape index (κ3) is 9.40. The van der Waals surface area contributed by atoms with Crippen LogP contribution < -0.4 is 36.5 Å². The van der Waals surface area contributed by atoms with Crippen molar-refractivity contribution in [2.45, 2.75) is 12.5 Å². The van der Waals surface area contributed by atoms with Gasteiger partial charge in [0.1, 0.15) is 34.0 Å². The quantitative estimate of drug-likeness (QED) is 0.0780. The lowest BCUT2D eigenvalue weighted by atomic mass is 10.2. The van der Waals surface area contributed by atoms with E-state index >= 15 is 4.57 Å². The number of ether oxygens (including phenoxy) is 2. The zero-order chi connectivity index (χ0) is 42.1. The van der Waals surface area contributed by atoms with Crippen LogP contribution in [-0.2, 0) is 13.6 Å². The summed E-state index contributed by atoms with van der Waals surface area (Å²) in [7, 11) is -1.73. The van der Waals surface area contributed by atoms with Crippen LogP contribution in [0.3, 0.4) is 0 Å². The molecule has 18 heteroatoms. The highest BCUT2D eigenvalue weighted by atomic mass is 31.2. The molecule has 0 saturated heterocycles. The average molecular weight is 827 g/mol. The summed E-state index contributed by atoms with van der Waals surface area (Å²) in [6, 6.07) is 30.6. The maximum Gasteiger partial charge on any atom is 0.365 e. The second kappa shape index (κ2) is 18.3. The van der Waals surface area contributed by atoms with Gasteiger partial charge in [0.25, 0.3) is 22.9 Å². The molecule has 2 atom stereocenters. The molecule has 7 aromatic rings. The van der Waals surface area contributed by atoms with Gasteiger partial charge in [-0.25, -0.2) is 9.97 Å². The SMILES string of the molecule is COc1ccc(C(NC(=O)c2cnc(-c3ccccn3)[nH]c2=O)OP(=O)(OC(NC(=O)c2cnc(-c3ccccn3)[nH]c2=O)c2ccc(OC)cc2)c2ccccc2)cc1. The Labute approximate surface area is 341 Å². The number of hydrogen-bond acceptors (Lipinski definition) is 13. The number of aromatic amines is 2. The fourth-order valence-electron chi connectivity index (χ4n) is 5.71. The van der Waals surface area contributed by atoms with Crippen molar-refractivity contribution in [2.75, 3.05) is 14.2 Å². The summed E-state index contributed by atoms with van der Waals surface area (Å²) >= 11 is 0. The Morgan fingerprint density at radius 2 is 0.983 bits per heavy atom. The lowest BCUT2D eigenvalue weighted by molar-refractivity contribution is 0.0657. The number of carbonyl (C=O) groups excluding carboxylic acids is 2. The van der Waals surface area contributed by atoms with Gasteiger partial charge >= 0.3 is 7.60 Å². The molecule has 4 heterocycles. The van der Waals surface area contributed by atoms with E-state index in [1.807, 2.05) is 0 Å². The maximum absolute atomic E-state index is 15.4. The van der Waals surface area contributed by atoms with Crippen LogP contribution in [0.1, 0.15) is 44.3 Å². The Hall–Kier alpha value is -7.59. The normalized spacial score (nSPS) is 13.0. The second-order valence-electron chi connectivity index (χ2n) is 12.7. The Morgan fingerprint density at radius 3 is 1.35 bits per heavy atom. The highest BCUT2D eigenvalue weighted by molar-refractivity contribution is 7.62. The number of benzene rings is 3. The van der Waals surface area contributed by atoms with Gasteiger partial charge in [-0.2, -0.15) is 0 Å². The number of rotatable bonds is 15. The molecule has 60 heavy (non-hydrogen) atoms. The fraction of sp³-hybridized carbons (Fsp3) is 0.0952. The third-order valence-corrected chi connectivity index (χ3v) is 10.7. The zero-order valence-electron chi connectivity index (χ0n) is 31.8. The molecule has 0 spiro atoms. The molecule has 0 aliphatic carbocycles. The van der Waals surface area contributed by atoms with Crippen molar-refractivity contribution in [3.63, 3.8) is 0 Å². The Balaban J connectivity index is 1.25. The van der Waals surface area contributed by atoms with Crippen LogP contribution in [0.25, 0.3) is 23.0 Å². The summed E-state index contributed by atoms with van der Waals surface area (Å²) < 4.78 is 38.7. The first-order valence-corrected chi connectivity index (χ1v) is 19.6. The summed E-state index contributed by atoms with van der Waals surface area (Å²) in [4.78, 5) is 76.2. The van der Waals surface area contributed by atoms with E-state index in [2.05, 4.69) is 40.5 Å². The lowest BCUT2D eigenvalue weighted by Gasteiger charge is -2.29. The van der Waals surface area contributed by atoms with Crippen molar-refractivity contribution >= 4 is 24.7 Å². The molecule has 0 fully saturated rings. The van der Waals surface area contributed by atoms with Gasteiger partial charge in [0, 0.05) is 35.9 Å². The lowest BCUT2D eigenvalue weighted by Crippen LogP contribution is -2.36. The predicted octanol–water partition coefficient (Wildman–Crippen LogP) is 5.10. The van der Waals surface area contributed by atoms with Crippen molar-refractivity contribution in [3.05, 3.63) is 183 Å². The molecule has 0 radical (unpaired) electrons. The summed E-state index contributed by atoms with van der Waals surface area (Å²) in [5, 5.41) is 5.31. The number of amides is 2. The van der Waals surface area contributed by atoms with Crippen molar-refractivity contribution < 1.29 is 32.7 Å². The van der Waals surface area contributed by atoms with Crippen LogP contribution in [0.4, 0.5) is 0 Å². The van der Waals surface area contributed by atoms with Crippen molar-refractivity contribution in [3.8, 4) is 34.5 Å². The van der Waals surface area contributed by atoms with Crippen LogP contribution in [0.15, 0.2) is 150 Å². The van der Waals surface area contributed by atoms with Gasteiger partial charge in [-0.05, 0) is 60.7 Å². The zero-order valence-corrected chi connectivity index (χ0v) is 32.7. The van der Waals surface area contributed by atoms with Gasteiger partial charge < -0.3 is 30.1 Å². The van der Waals surface area contributed by atoms with E-state index in [9.17, 15) is 19.2 Å². The summed E-state index contributed by atoms with van der Waals surface area (Å²) in [6.07, 6.45) is 2.13. The first-order valence-electron chi connectivity index (χ1n) is 18.1. The molecule has 3 aromatic carbocycles. The van der Waals surface area contributed by atoms with Crippen LogP contribution in [0.2, 0.25) is 0 Å². The fourth-order valence-corrected chi connectivity index (χ4v) is 7.44. The first kappa shape index (κ1) is 40.6. The van der Waals surface area contributed by atoms with E-state index in [0.717, 1.165) is 12.4 Å². The molecule has 4 aromatic heterocycles. The van der Waals surface area contributed by atoms with Crippen molar-refractivity contribution in [1.82, 2.24) is 40.5 Å². The molecule has 302 valence electrons. The van der Waals surface area contributed by atoms with E-state index in [1.54, 1.807) is 103 Å². The Bertz CT molecular complexity index is 2590. The van der Waals surface area contributed by atoms with Crippen molar-refractivity contribution in [1.29, 1.82) is 0 Å². The minimum atomic E-state index is -4.68. The van der Waals surface area contributed by atoms with Crippen LogP contribution in [-0.4, -0.2) is 55.9 Å².